The van der Waals surface area contributed by atoms with Crippen LogP contribution in [0.5, 0.6) is 0 Å². The second kappa shape index (κ2) is 15.0. The molecular weight excluding hydrogens is 506 g/mol. The van der Waals surface area contributed by atoms with Gasteiger partial charge in [-0.05, 0) is 62.5 Å². The molecule has 40 heavy (non-hydrogen) atoms. The van der Waals surface area contributed by atoms with Gasteiger partial charge in [-0.3, -0.25) is 14.4 Å². The van der Waals surface area contributed by atoms with E-state index >= 15 is 0 Å². The van der Waals surface area contributed by atoms with Crippen molar-refractivity contribution in [1.82, 2.24) is 5.32 Å². The van der Waals surface area contributed by atoms with Gasteiger partial charge < -0.3 is 19.5 Å². The van der Waals surface area contributed by atoms with Crippen LogP contribution in [0.1, 0.15) is 75.3 Å². The highest BCUT2D eigenvalue weighted by Gasteiger charge is 2.45. The quantitative estimate of drug-likeness (QED) is 0.320. The van der Waals surface area contributed by atoms with E-state index in [1.165, 1.54) is 0 Å². The third-order valence-electron chi connectivity index (χ3n) is 8.53. The lowest BCUT2D eigenvalue weighted by Gasteiger charge is -2.35. The molecule has 0 aliphatic heterocycles. The van der Waals surface area contributed by atoms with E-state index in [4.69, 9.17) is 14.2 Å². The van der Waals surface area contributed by atoms with E-state index in [0.717, 1.165) is 49.7 Å². The molecule has 2 aliphatic carbocycles. The Morgan fingerprint density at radius 1 is 0.850 bits per heavy atom. The van der Waals surface area contributed by atoms with Crippen LogP contribution >= 0.6 is 0 Å². The van der Waals surface area contributed by atoms with Crippen LogP contribution in [-0.2, 0) is 41.8 Å². The van der Waals surface area contributed by atoms with E-state index in [9.17, 15) is 14.4 Å². The first-order valence-electron chi connectivity index (χ1n) is 14.7. The van der Waals surface area contributed by atoms with Gasteiger partial charge in [-0.15, -0.1) is 0 Å². The maximum atomic E-state index is 13.7. The average Bonchev–Trinajstić information content (AvgIpc) is 3.48. The third kappa shape index (κ3) is 8.40. The van der Waals surface area contributed by atoms with Gasteiger partial charge in [-0.1, -0.05) is 73.5 Å². The van der Waals surface area contributed by atoms with Gasteiger partial charge in [0.25, 0.3) is 0 Å². The highest BCUT2D eigenvalue weighted by molar-refractivity contribution is 5.84. The Bertz CT molecular complexity index is 1070. The molecule has 1 amide bonds. The molecule has 2 aromatic rings. The molecule has 0 radical (unpaired) electrons. The molecule has 0 bridgehead atoms. The SMILES string of the molecule is COCCC(CC1(C(=O)N[C@H]2CC[C@@H](C(=O)OCc3ccccc3)CC2)CCCC1)C(=O)OCc1ccccc1. The molecule has 2 aromatic carbocycles. The van der Waals surface area contributed by atoms with Gasteiger partial charge in [0.15, 0.2) is 0 Å². The molecule has 0 saturated heterocycles. The molecule has 216 valence electrons. The number of carbonyl (C=O) groups excluding carboxylic acids is 3. The fraction of sp³-hybridized carbons (Fsp3) is 0.545. The number of amides is 1. The first kappa shape index (κ1) is 29.8. The van der Waals surface area contributed by atoms with Gasteiger partial charge in [0, 0.05) is 19.8 Å². The van der Waals surface area contributed by atoms with Crippen LogP contribution in [0, 0.1) is 17.3 Å². The predicted molar refractivity (Wildman–Crippen MR) is 152 cm³/mol. The Labute approximate surface area is 238 Å². The number of carbonyl (C=O) groups is 3. The Morgan fingerprint density at radius 3 is 2.00 bits per heavy atom. The van der Waals surface area contributed by atoms with Crippen molar-refractivity contribution in [3.63, 3.8) is 0 Å². The van der Waals surface area contributed by atoms with Crippen molar-refractivity contribution in [1.29, 1.82) is 0 Å². The molecule has 7 nitrogen and oxygen atoms in total. The van der Waals surface area contributed by atoms with Crippen LogP contribution in [0.4, 0.5) is 0 Å². The number of ether oxygens (including phenoxy) is 3. The van der Waals surface area contributed by atoms with Gasteiger partial charge in [0.05, 0.1) is 17.3 Å². The third-order valence-corrected chi connectivity index (χ3v) is 8.53. The summed E-state index contributed by atoms with van der Waals surface area (Å²) in [6.45, 7) is 0.948. The molecule has 4 rings (SSSR count). The standard InChI is InChI=1S/C33H43NO6/c1-38-21-18-28(31(36)40-24-26-12-6-3-7-13-26)22-33(19-8-9-20-33)32(37)34-29-16-14-27(15-17-29)30(35)39-23-25-10-4-2-5-11-25/h2-7,10-13,27-29H,8-9,14-24H2,1H3,(H,34,37)/t27-,28?,29+. The minimum absolute atomic E-state index is 0.0330. The number of hydrogen-bond acceptors (Lipinski definition) is 6. The van der Waals surface area contributed by atoms with Crippen molar-refractivity contribution in [2.45, 2.75) is 83.5 Å². The first-order valence-corrected chi connectivity index (χ1v) is 14.7. The molecule has 1 atom stereocenters. The summed E-state index contributed by atoms with van der Waals surface area (Å²) in [6.07, 6.45) is 7.39. The van der Waals surface area contributed by atoms with Crippen molar-refractivity contribution in [3.8, 4) is 0 Å². The fourth-order valence-corrected chi connectivity index (χ4v) is 6.12. The first-order chi connectivity index (χ1) is 19.5. The molecule has 2 saturated carbocycles. The summed E-state index contributed by atoms with van der Waals surface area (Å²) in [5.41, 5.74) is 1.34. The molecular formula is C33H43NO6. The van der Waals surface area contributed by atoms with E-state index in [-0.39, 0.29) is 43.0 Å². The van der Waals surface area contributed by atoms with Gasteiger partial charge in [0.2, 0.25) is 5.91 Å². The fourth-order valence-electron chi connectivity index (χ4n) is 6.12. The largest absolute Gasteiger partial charge is 0.461 e. The van der Waals surface area contributed by atoms with E-state index in [1.54, 1.807) is 7.11 Å². The molecule has 2 fully saturated rings. The van der Waals surface area contributed by atoms with Gasteiger partial charge in [0.1, 0.15) is 13.2 Å². The molecule has 1 unspecified atom stereocenters. The Hall–Kier alpha value is -3.19. The molecule has 0 heterocycles. The summed E-state index contributed by atoms with van der Waals surface area (Å²) < 4.78 is 16.5. The minimum Gasteiger partial charge on any atom is -0.461 e. The summed E-state index contributed by atoms with van der Waals surface area (Å²) in [7, 11) is 1.62. The Morgan fingerprint density at radius 2 is 1.43 bits per heavy atom. The predicted octanol–water partition coefficient (Wildman–Crippen LogP) is 5.75. The van der Waals surface area contributed by atoms with Crippen molar-refractivity contribution < 1.29 is 28.6 Å². The molecule has 1 N–H and O–H groups in total. The van der Waals surface area contributed by atoms with E-state index in [0.29, 0.717) is 32.3 Å². The van der Waals surface area contributed by atoms with Gasteiger partial charge in [-0.25, -0.2) is 0 Å². The zero-order valence-electron chi connectivity index (χ0n) is 23.6. The highest BCUT2D eigenvalue weighted by Crippen LogP contribution is 2.45. The lowest BCUT2D eigenvalue weighted by Crippen LogP contribution is -2.47. The number of methoxy groups -OCH3 is 1. The lowest BCUT2D eigenvalue weighted by atomic mass is 9.75. The van der Waals surface area contributed by atoms with Crippen LogP contribution in [0.25, 0.3) is 0 Å². The zero-order valence-corrected chi connectivity index (χ0v) is 23.6. The van der Waals surface area contributed by atoms with E-state index < -0.39 is 11.3 Å². The molecule has 7 heteroatoms. The van der Waals surface area contributed by atoms with Crippen LogP contribution < -0.4 is 5.32 Å². The van der Waals surface area contributed by atoms with E-state index in [1.807, 2.05) is 60.7 Å². The average molecular weight is 550 g/mol. The van der Waals surface area contributed by atoms with Gasteiger partial charge in [-0.2, -0.15) is 0 Å². The van der Waals surface area contributed by atoms with Gasteiger partial charge >= 0.3 is 11.9 Å². The summed E-state index contributed by atoms with van der Waals surface area (Å²) in [5, 5.41) is 3.30. The maximum Gasteiger partial charge on any atom is 0.309 e. The second-order valence-electron chi connectivity index (χ2n) is 11.4. The monoisotopic (exact) mass is 549 g/mol. The van der Waals surface area contributed by atoms with Crippen LogP contribution in [-0.4, -0.2) is 37.6 Å². The number of esters is 2. The molecule has 0 aromatic heterocycles. The minimum atomic E-state index is -0.574. The normalized spacial score (nSPS) is 20.8. The number of nitrogens with one attached hydrogen (secondary N) is 1. The number of benzene rings is 2. The van der Waals surface area contributed by atoms with Crippen molar-refractivity contribution in [2.24, 2.45) is 17.3 Å². The Kier molecular flexibility index (Phi) is 11.2. The molecule has 0 spiro atoms. The summed E-state index contributed by atoms with van der Waals surface area (Å²) >= 11 is 0. The second-order valence-corrected chi connectivity index (χ2v) is 11.4. The maximum absolute atomic E-state index is 13.7. The summed E-state index contributed by atoms with van der Waals surface area (Å²) in [5.74, 6) is -0.915. The summed E-state index contributed by atoms with van der Waals surface area (Å²) in [4.78, 5) is 39.5. The van der Waals surface area contributed by atoms with Crippen molar-refractivity contribution >= 4 is 17.8 Å². The highest BCUT2D eigenvalue weighted by atomic mass is 16.5. The zero-order chi connectivity index (χ0) is 28.2. The van der Waals surface area contributed by atoms with E-state index in [2.05, 4.69) is 5.32 Å². The van der Waals surface area contributed by atoms with Crippen LogP contribution in [0.2, 0.25) is 0 Å². The van der Waals surface area contributed by atoms with Crippen LogP contribution in [0.3, 0.4) is 0 Å². The topological polar surface area (TPSA) is 90.9 Å². The smallest absolute Gasteiger partial charge is 0.309 e. The number of hydrogen-bond donors (Lipinski definition) is 1. The Balaban J connectivity index is 1.29. The van der Waals surface area contributed by atoms with Crippen LogP contribution in [0.15, 0.2) is 60.7 Å². The summed E-state index contributed by atoms with van der Waals surface area (Å²) in [6, 6.07) is 19.4. The van der Waals surface area contributed by atoms with Crippen molar-refractivity contribution in [2.75, 3.05) is 13.7 Å². The number of rotatable bonds is 13. The van der Waals surface area contributed by atoms with Crippen molar-refractivity contribution in [3.05, 3.63) is 71.8 Å². The molecule has 2 aliphatic rings. The lowest BCUT2D eigenvalue weighted by molar-refractivity contribution is -0.153.